The first kappa shape index (κ1) is 23.8. The van der Waals surface area contributed by atoms with E-state index < -0.39 is 5.97 Å². The number of fused-ring (bicyclic) bond motifs is 2. The molecule has 4 N–H and O–H groups in total. The van der Waals surface area contributed by atoms with Crippen LogP contribution in [0.5, 0.6) is 0 Å². The summed E-state index contributed by atoms with van der Waals surface area (Å²) in [5.41, 5.74) is 10.1. The number of rotatable bonds is 5. The molecule has 0 aliphatic heterocycles. The summed E-state index contributed by atoms with van der Waals surface area (Å²) in [6.45, 7) is 4.61. The highest BCUT2D eigenvalue weighted by Crippen LogP contribution is 2.32. The number of halogens is 2. The molecule has 7 nitrogen and oxygen atoms in total. The number of carboxylic acids is 1. The zero-order chi connectivity index (χ0) is 23.4. The molecule has 0 atom stereocenters. The van der Waals surface area contributed by atoms with Crippen molar-refractivity contribution in [1.29, 1.82) is 0 Å². The predicted octanol–water partition coefficient (Wildman–Crippen LogP) is 4.85. The summed E-state index contributed by atoms with van der Waals surface area (Å²) in [5.74, 6) is -0.833. The van der Waals surface area contributed by atoms with Gasteiger partial charge in [-0.15, -0.1) is 0 Å². The van der Waals surface area contributed by atoms with Crippen LogP contribution in [0.25, 0.3) is 33.2 Å². The smallest absolute Gasteiger partial charge is 0.300 e. The third-order valence-electron chi connectivity index (χ3n) is 4.96. The lowest BCUT2D eigenvalue weighted by Crippen LogP contribution is -2.11. The molecule has 0 saturated carbocycles. The van der Waals surface area contributed by atoms with E-state index in [1.165, 1.54) is 5.56 Å². The molecule has 2 heterocycles. The Labute approximate surface area is 194 Å². The highest BCUT2D eigenvalue weighted by molar-refractivity contribution is 6.42. The number of aromatic amines is 1. The van der Waals surface area contributed by atoms with Crippen molar-refractivity contribution in [2.45, 2.75) is 33.2 Å². The van der Waals surface area contributed by atoms with Crippen LogP contribution in [0.2, 0.25) is 10.0 Å². The van der Waals surface area contributed by atoms with Gasteiger partial charge in [-0.2, -0.15) is 0 Å². The zero-order valence-corrected chi connectivity index (χ0v) is 19.3. The maximum Gasteiger partial charge on any atom is 0.300 e. The maximum absolute atomic E-state index is 12.8. The van der Waals surface area contributed by atoms with E-state index in [4.69, 9.17) is 38.8 Å². The van der Waals surface area contributed by atoms with Gasteiger partial charge in [0.2, 0.25) is 0 Å². The first-order chi connectivity index (χ1) is 15.3. The number of aromatic nitrogens is 3. The molecule has 0 saturated heterocycles. The molecule has 0 aliphatic rings. The van der Waals surface area contributed by atoms with Gasteiger partial charge in [0.25, 0.3) is 11.5 Å². The molecule has 2 aromatic carbocycles. The van der Waals surface area contributed by atoms with Crippen LogP contribution in [0.1, 0.15) is 25.8 Å². The number of nitrogens with two attached hydrogens (primary N) is 1. The van der Waals surface area contributed by atoms with Crippen LogP contribution in [0.3, 0.4) is 0 Å². The van der Waals surface area contributed by atoms with Gasteiger partial charge >= 0.3 is 0 Å². The number of nitrogens with one attached hydrogen (secondary N) is 1. The van der Waals surface area contributed by atoms with E-state index >= 15 is 0 Å². The zero-order valence-electron chi connectivity index (χ0n) is 17.8. The second-order valence-corrected chi connectivity index (χ2v) is 8.08. The lowest BCUT2D eigenvalue weighted by molar-refractivity contribution is -0.134. The number of aryl methyl sites for hydroxylation is 2. The third kappa shape index (κ3) is 4.96. The van der Waals surface area contributed by atoms with Crippen LogP contribution in [0.15, 0.2) is 41.3 Å². The molecule has 4 aromatic rings. The number of para-hydroxylation sites is 1. The number of hydrogen-bond donors (Lipinski definition) is 3. The second kappa shape index (κ2) is 10.2. The number of hydrogen-bond acceptors (Lipinski definition) is 4. The number of nitrogens with zero attached hydrogens (tertiary/aromatic N) is 2. The molecule has 0 radical (unpaired) electrons. The first-order valence-corrected chi connectivity index (χ1v) is 10.9. The Morgan fingerprint density at radius 1 is 1.25 bits per heavy atom. The Hall–Kier alpha value is -2.87. The summed E-state index contributed by atoms with van der Waals surface area (Å²) in [5, 5.41) is 9.21. The Morgan fingerprint density at radius 2 is 1.94 bits per heavy atom. The monoisotopic (exact) mass is 474 g/mol. The Bertz CT molecular complexity index is 1340. The van der Waals surface area contributed by atoms with Gasteiger partial charge in [-0.05, 0) is 37.1 Å². The minimum atomic E-state index is -0.833. The van der Waals surface area contributed by atoms with Crippen LogP contribution >= 0.6 is 23.2 Å². The van der Waals surface area contributed by atoms with E-state index in [1.807, 2.05) is 18.3 Å². The lowest BCUT2D eigenvalue weighted by Gasteiger charge is -2.07. The van der Waals surface area contributed by atoms with Crippen molar-refractivity contribution < 1.29 is 9.90 Å². The molecule has 0 bridgehead atoms. The molecule has 32 heavy (non-hydrogen) atoms. The van der Waals surface area contributed by atoms with Crippen molar-refractivity contribution in [3.05, 3.63) is 62.5 Å². The quantitative estimate of drug-likeness (QED) is 0.382. The summed E-state index contributed by atoms with van der Waals surface area (Å²) >= 11 is 12.2. The Kier molecular flexibility index (Phi) is 7.56. The number of benzene rings is 2. The van der Waals surface area contributed by atoms with Crippen molar-refractivity contribution in [3.8, 4) is 11.3 Å². The molecule has 0 spiro atoms. The summed E-state index contributed by atoms with van der Waals surface area (Å²) in [4.78, 5) is 29.3. The van der Waals surface area contributed by atoms with E-state index in [2.05, 4.69) is 27.5 Å². The van der Waals surface area contributed by atoms with Crippen molar-refractivity contribution in [1.82, 2.24) is 14.5 Å². The summed E-state index contributed by atoms with van der Waals surface area (Å²) in [7, 11) is 0. The average molecular weight is 475 g/mol. The second-order valence-electron chi connectivity index (χ2n) is 7.26. The molecule has 0 fully saturated rings. The van der Waals surface area contributed by atoms with Crippen LogP contribution in [-0.4, -0.2) is 32.2 Å². The van der Waals surface area contributed by atoms with Gasteiger partial charge in [-0.1, -0.05) is 48.3 Å². The molecule has 0 amide bonds. The fourth-order valence-electron chi connectivity index (χ4n) is 3.61. The molecule has 4 rings (SSSR count). The minimum Gasteiger partial charge on any atom is -0.481 e. The molecular formula is C23H24Cl2N4O3. The molecular weight excluding hydrogens is 451 g/mol. The van der Waals surface area contributed by atoms with Gasteiger partial charge in [0.1, 0.15) is 5.69 Å². The van der Waals surface area contributed by atoms with Crippen LogP contribution < -0.4 is 11.3 Å². The average Bonchev–Trinajstić information content (AvgIpc) is 3.11. The maximum atomic E-state index is 12.8. The number of carboxylic acid groups (broad SMARTS) is 1. The first-order valence-electron chi connectivity index (χ1n) is 10.2. The van der Waals surface area contributed by atoms with Crippen molar-refractivity contribution in [2.24, 2.45) is 5.73 Å². The molecule has 168 valence electrons. The molecule has 9 heteroatoms. The van der Waals surface area contributed by atoms with Crippen molar-refractivity contribution >= 4 is 51.1 Å². The van der Waals surface area contributed by atoms with Crippen molar-refractivity contribution in [2.75, 3.05) is 6.54 Å². The van der Waals surface area contributed by atoms with Crippen LogP contribution in [0, 0.1) is 0 Å². The van der Waals surface area contributed by atoms with Gasteiger partial charge < -0.3 is 20.4 Å². The standard InChI is InChI=1S/C21H20Cl2N4O.C2H4O2/c1-2-12-5-3-6-13-14(11-27(20(12)13)8-4-7-24)19-21(28)26-18-10-16(23)15(22)9-17(18)25-19;1-2(3)4/h3,5-6,9-11H,2,4,7-8,24H2,1H3,(H,26,28);1H3,(H,3,4). The van der Waals surface area contributed by atoms with Crippen LogP contribution in [-0.2, 0) is 17.8 Å². The van der Waals surface area contributed by atoms with E-state index in [0.717, 1.165) is 42.8 Å². The summed E-state index contributed by atoms with van der Waals surface area (Å²) < 4.78 is 2.18. The van der Waals surface area contributed by atoms with Gasteiger partial charge in [-0.3, -0.25) is 9.59 Å². The minimum absolute atomic E-state index is 0.259. The largest absolute Gasteiger partial charge is 0.481 e. The fraction of sp³-hybridized carbons (Fsp3) is 0.261. The third-order valence-corrected chi connectivity index (χ3v) is 5.68. The van der Waals surface area contributed by atoms with Gasteiger partial charge in [0, 0.05) is 30.6 Å². The summed E-state index contributed by atoms with van der Waals surface area (Å²) in [6.07, 6.45) is 3.76. The fourth-order valence-corrected chi connectivity index (χ4v) is 3.94. The molecule has 2 aromatic heterocycles. The van der Waals surface area contributed by atoms with Gasteiger partial charge in [-0.25, -0.2) is 4.98 Å². The van der Waals surface area contributed by atoms with Crippen molar-refractivity contribution in [3.63, 3.8) is 0 Å². The topological polar surface area (TPSA) is 114 Å². The normalized spacial score (nSPS) is 10.9. The van der Waals surface area contributed by atoms with Gasteiger partial charge in [0.15, 0.2) is 0 Å². The van der Waals surface area contributed by atoms with Gasteiger partial charge in [0.05, 0.1) is 26.6 Å². The van der Waals surface area contributed by atoms with Crippen LogP contribution in [0.4, 0.5) is 0 Å². The van der Waals surface area contributed by atoms with E-state index in [-0.39, 0.29) is 5.56 Å². The molecule has 0 unspecified atom stereocenters. The number of aliphatic carboxylic acids is 1. The number of H-pyrrole nitrogens is 1. The van der Waals surface area contributed by atoms with E-state index in [9.17, 15) is 4.79 Å². The predicted molar refractivity (Wildman–Crippen MR) is 130 cm³/mol. The highest BCUT2D eigenvalue weighted by Gasteiger charge is 2.17. The lowest BCUT2D eigenvalue weighted by atomic mass is 10.1. The molecule has 0 aliphatic carbocycles. The van der Waals surface area contributed by atoms with E-state index in [0.29, 0.717) is 33.3 Å². The Morgan fingerprint density at radius 3 is 2.59 bits per heavy atom. The Balaban J connectivity index is 0.000000668. The van der Waals surface area contributed by atoms with E-state index in [1.54, 1.807) is 12.1 Å². The SMILES string of the molecule is CC(=O)O.CCc1cccc2c(-c3nc4cc(Cl)c(Cl)cc4[nH]c3=O)cn(CCCN)c12. The summed E-state index contributed by atoms with van der Waals surface area (Å²) in [6, 6.07) is 9.46. The number of carbonyl (C=O) groups is 1. The highest BCUT2D eigenvalue weighted by atomic mass is 35.5.